The Balaban J connectivity index is 1.97. The van der Waals surface area contributed by atoms with E-state index in [1.165, 1.54) is 11.1 Å². The van der Waals surface area contributed by atoms with E-state index >= 15 is 0 Å². The molecule has 0 heterocycles. The molecule has 2 rings (SSSR count). The van der Waals surface area contributed by atoms with Crippen LogP contribution in [0.1, 0.15) is 36.6 Å². The molecule has 0 saturated carbocycles. The summed E-state index contributed by atoms with van der Waals surface area (Å²) in [6, 6.07) is 16.8. The first-order valence-electron chi connectivity index (χ1n) is 7.64. The maximum absolute atomic E-state index is 12.3. The SMILES string of the molecule is Cc1ccccc1[C@H](C)N[C@H](C)C(=O)Nc1ccc(C#N)cc1. The summed E-state index contributed by atoms with van der Waals surface area (Å²) in [5.74, 6) is -0.102. The number of benzene rings is 2. The van der Waals surface area contributed by atoms with Gasteiger partial charge in [0, 0.05) is 11.7 Å². The van der Waals surface area contributed by atoms with Crippen molar-refractivity contribution in [3.63, 3.8) is 0 Å². The molecule has 1 amide bonds. The summed E-state index contributed by atoms with van der Waals surface area (Å²) in [4.78, 5) is 12.3. The van der Waals surface area contributed by atoms with Crippen LogP contribution >= 0.6 is 0 Å². The third-order valence-electron chi connectivity index (χ3n) is 3.83. The second-order valence-corrected chi connectivity index (χ2v) is 5.65. The highest BCUT2D eigenvalue weighted by molar-refractivity contribution is 5.94. The number of anilines is 1. The van der Waals surface area contributed by atoms with Crippen LogP contribution in [-0.4, -0.2) is 11.9 Å². The minimum Gasteiger partial charge on any atom is -0.325 e. The van der Waals surface area contributed by atoms with Gasteiger partial charge in [0.2, 0.25) is 5.91 Å². The van der Waals surface area contributed by atoms with Gasteiger partial charge < -0.3 is 5.32 Å². The summed E-state index contributed by atoms with van der Waals surface area (Å²) in [6.07, 6.45) is 0. The first-order chi connectivity index (χ1) is 11.0. The van der Waals surface area contributed by atoms with Gasteiger partial charge in [0.15, 0.2) is 0 Å². The predicted molar refractivity (Wildman–Crippen MR) is 92.0 cm³/mol. The van der Waals surface area contributed by atoms with Gasteiger partial charge in [-0.3, -0.25) is 10.1 Å². The van der Waals surface area contributed by atoms with Crippen molar-refractivity contribution in [2.75, 3.05) is 5.32 Å². The Hall–Kier alpha value is -2.64. The molecule has 2 aromatic rings. The third kappa shape index (κ3) is 4.41. The van der Waals surface area contributed by atoms with Gasteiger partial charge in [-0.25, -0.2) is 0 Å². The molecule has 0 saturated heterocycles. The number of hydrogen-bond acceptors (Lipinski definition) is 3. The summed E-state index contributed by atoms with van der Waals surface area (Å²) in [7, 11) is 0. The Kier molecular flexibility index (Phi) is 5.51. The molecule has 0 unspecified atom stereocenters. The normalized spacial score (nSPS) is 13.0. The van der Waals surface area contributed by atoms with Crippen LogP contribution in [0, 0.1) is 18.3 Å². The molecule has 0 aliphatic heterocycles. The van der Waals surface area contributed by atoms with Gasteiger partial charge in [-0.05, 0) is 56.2 Å². The number of amides is 1. The highest BCUT2D eigenvalue weighted by atomic mass is 16.2. The van der Waals surface area contributed by atoms with Crippen LogP contribution < -0.4 is 10.6 Å². The maximum atomic E-state index is 12.3. The van der Waals surface area contributed by atoms with Gasteiger partial charge in [0.05, 0.1) is 17.7 Å². The fraction of sp³-hybridized carbons (Fsp3) is 0.263. The smallest absolute Gasteiger partial charge is 0.241 e. The summed E-state index contributed by atoms with van der Waals surface area (Å²) in [5.41, 5.74) is 3.64. The molecule has 4 nitrogen and oxygen atoms in total. The largest absolute Gasteiger partial charge is 0.325 e. The molecular weight excluding hydrogens is 286 g/mol. The van der Waals surface area contributed by atoms with E-state index in [4.69, 9.17) is 5.26 Å². The molecule has 23 heavy (non-hydrogen) atoms. The number of aryl methyl sites for hydroxylation is 1. The lowest BCUT2D eigenvalue weighted by molar-refractivity contribution is -0.117. The van der Waals surface area contributed by atoms with E-state index < -0.39 is 0 Å². The number of nitriles is 1. The first-order valence-corrected chi connectivity index (χ1v) is 7.64. The highest BCUT2D eigenvalue weighted by Crippen LogP contribution is 2.17. The van der Waals surface area contributed by atoms with E-state index in [0.717, 1.165) is 0 Å². The maximum Gasteiger partial charge on any atom is 0.241 e. The fourth-order valence-corrected chi connectivity index (χ4v) is 2.49. The standard InChI is InChI=1S/C19H21N3O/c1-13-6-4-5-7-18(13)14(2)21-15(3)19(23)22-17-10-8-16(12-20)9-11-17/h4-11,14-15,21H,1-3H3,(H,22,23)/t14-,15+/m0/s1. The van der Waals surface area contributed by atoms with E-state index in [-0.39, 0.29) is 18.0 Å². The van der Waals surface area contributed by atoms with Crippen LogP contribution in [0.2, 0.25) is 0 Å². The zero-order chi connectivity index (χ0) is 16.8. The minimum absolute atomic E-state index is 0.0814. The topological polar surface area (TPSA) is 64.9 Å². The van der Waals surface area contributed by atoms with Crippen molar-refractivity contribution in [1.29, 1.82) is 5.26 Å². The predicted octanol–water partition coefficient (Wildman–Crippen LogP) is 3.54. The lowest BCUT2D eigenvalue weighted by Gasteiger charge is -2.21. The van der Waals surface area contributed by atoms with Crippen LogP contribution in [0.15, 0.2) is 48.5 Å². The lowest BCUT2D eigenvalue weighted by atomic mass is 10.0. The molecule has 0 aromatic heterocycles. The monoisotopic (exact) mass is 307 g/mol. The van der Waals surface area contributed by atoms with E-state index in [1.54, 1.807) is 24.3 Å². The first kappa shape index (κ1) is 16.7. The van der Waals surface area contributed by atoms with E-state index in [2.05, 4.69) is 35.8 Å². The van der Waals surface area contributed by atoms with Gasteiger partial charge in [0.25, 0.3) is 0 Å². The number of rotatable bonds is 5. The molecule has 0 fully saturated rings. The molecule has 2 atom stereocenters. The molecular formula is C19H21N3O. The van der Waals surface area contributed by atoms with Crippen molar-refractivity contribution >= 4 is 11.6 Å². The number of hydrogen-bond donors (Lipinski definition) is 2. The number of carbonyl (C=O) groups is 1. The molecule has 2 aromatic carbocycles. The Bertz CT molecular complexity index is 716. The number of nitrogens with zero attached hydrogens (tertiary/aromatic N) is 1. The van der Waals surface area contributed by atoms with Crippen molar-refractivity contribution in [2.24, 2.45) is 0 Å². The molecule has 0 bridgehead atoms. The van der Waals surface area contributed by atoms with E-state index in [0.29, 0.717) is 11.3 Å². The summed E-state index contributed by atoms with van der Waals surface area (Å²) < 4.78 is 0. The molecule has 118 valence electrons. The van der Waals surface area contributed by atoms with Crippen molar-refractivity contribution in [3.05, 3.63) is 65.2 Å². The van der Waals surface area contributed by atoms with Gasteiger partial charge in [-0.1, -0.05) is 24.3 Å². The average molecular weight is 307 g/mol. The van der Waals surface area contributed by atoms with Gasteiger partial charge in [-0.15, -0.1) is 0 Å². The zero-order valence-corrected chi connectivity index (χ0v) is 13.6. The summed E-state index contributed by atoms with van der Waals surface area (Å²) in [6.45, 7) is 5.95. The molecule has 0 spiro atoms. The Morgan fingerprint density at radius 1 is 1.09 bits per heavy atom. The second kappa shape index (κ2) is 7.57. The van der Waals surface area contributed by atoms with Gasteiger partial charge >= 0.3 is 0 Å². The Labute approximate surface area is 137 Å². The van der Waals surface area contributed by atoms with E-state index in [1.807, 2.05) is 26.0 Å². The summed E-state index contributed by atoms with van der Waals surface area (Å²) in [5, 5.41) is 14.9. The highest BCUT2D eigenvalue weighted by Gasteiger charge is 2.17. The molecule has 4 heteroatoms. The quantitative estimate of drug-likeness (QED) is 0.888. The second-order valence-electron chi connectivity index (χ2n) is 5.65. The molecule has 0 radical (unpaired) electrons. The van der Waals surface area contributed by atoms with Gasteiger partial charge in [0.1, 0.15) is 0 Å². The molecule has 0 aliphatic carbocycles. The van der Waals surface area contributed by atoms with Crippen molar-refractivity contribution < 1.29 is 4.79 Å². The molecule has 0 aliphatic rings. The third-order valence-corrected chi connectivity index (χ3v) is 3.83. The van der Waals surface area contributed by atoms with E-state index in [9.17, 15) is 4.79 Å². The average Bonchev–Trinajstić information content (AvgIpc) is 2.55. The summed E-state index contributed by atoms with van der Waals surface area (Å²) >= 11 is 0. The molecule has 2 N–H and O–H groups in total. The van der Waals surface area contributed by atoms with Crippen LogP contribution in [0.5, 0.6) is 0 Å². The van der Waals surface area contributed by atoms with Gasteiger partial charge in [-0.2, -0.15) is 5.26 Å². The lowest BCUT2D eigenvalue weighted by Crippen LogP contribution is -2.39. The minimum atomic E-state index is -0.333. The number of carbonyl (C=O) groups excluding carboxylic acids is 1. The van der Waals surface area contributed by atoms with Crippen LogP contribution in [0.25, 0.3) is 0 Å². The Morgan fingerprint density at radius 2 is 1.74 bits per heavy atom. The zero-order valence-electron chi connectivity index (χ0n) is 13.6. The van der Waals surface area contributed by atoms with Crippen molar-refractivity contribution in [3.8, 4) is 6.07 Å². The Morgan fingerprint density at radius 3 is 2.35 bits per heavy atom. The van der Waals surface area contributed by atoms with Crippen LogP contribution in [-0.2, 0) is 4.79 Å². The van der Waals surface area contributed by atoms with Crippen molar-refractivity contribution in [1.82, 2.24) is 5.32 Å². The van der Waals surface area contributed by atoms with Crippen LogP contribution in [0.4, 0.5) is 5.69 Å². The van der Waals surface area contributed by atoms with Crippen molar-refractivity contribution in [2.45, 2.75) is 32.9 Å². The van der Waals surface area contributed by atoms with Crippen LogP contribution in [0.3, 0.4) is 0 Å². The number of nitrogens with one attached hydrogen (secondary N) is 2. The fourth-order valence-electron chi connectivity index (χ4n) is 2.49.